The monoisotopic (exact) mass is 382 g/mol. The highest BCUT2D eigenvalue weighted by atomic mass is 32.2. The van der Waals surface area contributed by atoms with Crippen LogP contribution in [0.2, 0.25) is 0 Å². The largest absolute Gasteiger partial charge is 0.417 e. The van der Waals surface area contributed by atoms with E-state index < -0.39 is 17.8 Å². The summed E-state index contributed by atoms with van der Waals surface area (Å²) in [6.07, 6.45) is -4.52. The molecule has 0 atom stereocenters. The number of anilines is 1. The second-order valence-corrected chi connectivity index (χ2v) is 6.77. The highest BCUT2D eigenvalue weighted by Gasteiger charge is 2.34. The first kappa shape index (κ1) is 18.6. The number of morpholine rings is 1. The first-order valence-corrected chi connectivity index (χ1v) is 8.83. The van der Waals surface area contributed by atoms with E-state index in [9.17, 15) is 18.0 Å². The maximum atomic E-state index is 13.5. The Morgan fingerprint density at radius 2 is 1.77 bits per heavy atom. The molecule has 8 heteroatoms. The zero-order chi connectivity index (χ0) is 18.6. The molecule has 1 heterocycles. The fourth-order valence-corrected chi connectivity index (χ4v) is 3.47. The number of hydrogen-bond acceptors (Lipinski definition) is 3. The molecule has 2 amide bonds. The number of alkyl halides is 3. The summed E-state index contributed by atoms with van der Waals surface area (Å²) < 4.78 is 45.6. The van der Waals surface area contributed by atoms with E-state index in [1.165, 1.54) is 17.0 Å². The highest BCUT2D eigenvalue weighted by molar-refractivity contribution is 7.99. The van der Waals surface area contributed by atoms with Crippen LogP contribution >= 0.6 is 11.8 Å². The fraction of sp³-hybridized carbons (Fsp3) is 0.278. The van der Waals surface area contributed by atoms with Gasteiger partial charge < -0.3 is 15.0 Å². The van der Waals surface area contributed by atoms with Gasteiger partial charge in [-0.1, -0.05) is 30.0 Å². The Labute approximate surface area is 153 Å². The average molecular weight is 382 g/mol. The van der Waals surface area contributed by atoms with Crippen LogP contribution in [0.5, 0.6) is 0 Å². The molecule has 1 aliphatic heterocycles. The Morgan fingerprint density at radius 1 is 1.08 bits per heavy atom. The van der Waals surface area contributed by atoms with Crippen LogP contribution < -0.4 is 5.32 Å². The zero-order valence-corrected chi connectivity index (χ0v) is 14.6. The van der Waals surface area contributed by atoms with Crippen molar-refractivity contribution in [1.29, 1.82) is 0 Å². The molecule has 0 saturated carbocycles. The molecule has 0 bridgehead atoms. The normalized spacial score (nSPS) is 15.0. The predicted octanol–water partition coefficient (Wildman–Crippen LogP) is 4.72. The summed E-state index contributed by atoms with van der Waals surface area (Å²) in [5.41, 5.74) is -0.655. The topological polar surface area (TPSA) is 41.6 Å². The summed E-state index contributed by atoms with van der Waals surface area (Å²) in [5.74, 6) is 0. The average Bonchev–Trinajstić information content (AvgIpc) is 2.63. The van der Waals surface area contributed by atoms with Gasteiger partial charge in [-0.05, 0) is 30.3 Å². The van der Waals surface area contributed by atoms with Crippen molar-refractivity contribution in [3.63, 3.8) is 0 Å². The van der Waals surface area contributed by atoms with Crippen LogP contribution in [0, 0.1) is 0 Å². The second kappa shape index (κ2) is 8.01. The Balaban J connectivity index is 1.81. The molecule has 0 spiro atoms. The summed E-state index contributed by atoms with van der Waals surface area (Å²) in [6.45, 7) is 1.68. The van der Waals surface area contributed by atoms with Gasteiger partial charge in [0.1, 0.15) is 0 Å². The van der Waals surface area contributed by atoms with Crippen molar-refractivity contribution < 1.29 is 22.7 Å². The van der Waals surface area contributed by atoms with Crippen molar-refractivity contribution in [3.8, 4) is 0 Å². The van der Waals surface area contributed by atoms with E-state index in [2.05, 4.69) is 5.32 Å². The molecule has 4 nitrogen and oxygen atoms in total. The van der Waals surface area contributed by atoms with E-state index in [4.69, 9.17) is 4.74 Å². The highest BCUT2D eigenvalue weighted by Crippen LogP contribution is 2.40. The van der Waals surface area contributed by atoms with Gasteiger partial charge in [0.2, 0.25) is 0 Å². The van der Waals surface area contributed by atoms with Crippen LogP contribution in [-0.4, -0.2) is 37.2 Å². The standard InChI is InChI=1S/C18H17F3N2O2S/c19-18(20,21)15-12-13(22-17(24)23-8-10-25-11-9-23)6-7-16(15)26-14-4-2-1-3-5-14/h1-7,12H,8-11H2,(H,22,24). The molecule has 0 aromatic heterocycles. The van der Waals surface area contributed by atoms with Crippen molar-refractivity contribution >= 4 is 23.5 Å². The number of rotatable bonds is 3. The van der Waals surface area contributed by atoms with Gasteiger partial charge in [0.05, 0.1) is 18.8 Å². The molecular weight excluding hydrogens is 365 g/mol. The summed E-state index contributed by atoms with van der Waals surface area (Å²) >= 11 is 1.04. The molecule has 2 aromatic carbocycles. The number of benzene rings is 2. The Hall–Kier alpha value is -2.19. The molecule has 1 fully saturated rings. The lowest BCUT2D eigenvalue weighted by atomic mass is 10.2. The molecule has 1 N–H and O–H groups in total. The van der Waals surface area contributed by atoms with Crippen LogP contribution in [-0.2, 0) is 10.9 Å². The van der Waals surface area contributed by atoms with Gasteiger partial charge in [-0.2, -0.15) is 13.2 Å². The van der Waals surface area contributed by atoms with Crippen LogP contribution in [0.1, 0.15) is 5.56 Å². The summed E-state index contributed by atoms with van der Waals surface area (Å²) in [6, 6.07) is 12.3. The Kier molecular flexibility index (Phi) is 5.73. The van der Waals surface area contributed by atoms with Gasteiger partial charge >= 0.3 is 12.2 Å². The van der Waals surface area contributed by atoms with E-state index in [-0.39, 0.29) is 10.6 Å². The third-order valence-corrected chi connectivity index (χ3v) is 4.89. The molecule has 26 heavy (non-hydrogen) atoms. The van der Waals surface area contributed by atoms with Gasteiger partial charge in [-0.3, -0.25) is 0 Å². The number of urea groups is 1. The maximum Gasteiger partial charge on any atom is 0.417 e. The van der Waals surface area contributed by atoms with Crippen molar-refractivity contribution in [3.05, 3.63) is 54.1 Å². The lowest BCUT2D eigenvalue weighted by Gasteiger charge is -2.27. The lowest BCUT2D eigenvalue weighted by molar-refractivity contribution is -0.139. The third kappa shape index (κ3) is 4.70. The van der Waals surface area contributed by atoms with Gasteiger partial charge in [0.25, 0.3) is 0 Å². The smallest absolute Gasteiger partial charge is 0.378 e. The first-order chi connectivity index (χ1) is 12.4. The minimum Gasteiger partial charge on any atom is -0.378 e. The van der Waals surface area contributed by atoms with Crippen molar-refractivity contribution in [2.75, 3.05) is 31.6 Å². The molecular formula is C18H17F3N2O2S. The number of carbonyl (C=O) groups is 1. The molecule has 1 aliphatic rings. The van der Waals surface area contributed by atoms with Crippen LogP contribution in [0.25, 0.3) is 0 Å². The molecule has 0 aliphatic carbocycles. The van der Waals surface area contributed by atoms with Crippen LogP contribution in [0.4, 0.5) is 23.7 Å². The molecule has 138 valence electrons. The zero-order valence-electron chi connectivity index (χ0n) is 13.8. The number of nitrogens with one attached hydrogen (secondary N) is 1. The molecule has 3 rings (SSSR count). The minimum atomic E-state index is -4.52. The van der Waals surface area contributed by atoms with E-state index in [0.29, 0.717) is 31.2 Å². The lowest BCUT2D eigenvalue weighted by Crippen LogP contribution is -2.43. The molecule has 0 radical (unpaired) electrons. The van der Waals surface area contributed by atoms with Gasteiger partial charge in [0.15, 0.2) is 0 Å². The SMILES string of the molecule is O=C(Nc1ccc(Sc2ccccc2)c(C(F)(F)F)c1)N1CCOCC1. The quantitative estimate of drug-likeness (QED) is 0.835. The van der Waals surface area contributed by atoms with E-state index in [1.807, 2.05) is 0 Å². The number of halogens is 3. The summed E-state index contributed by atoms with van der Waals surface area (Å²) in [5, 5.41) is 2.54. The van der Waals surface area contributed by atoms with Gasteiger partial charge in [0, 0.05) is 28.6 Å². The van der Waals surface area contributed by atoms with Gasteiger partial charge in [-0.25, -0.2) is 4.79 Å². The second-order valence-electron chi connectivity index (χ2n) is 5.65. The summed E-state index contributed by atoms with van der Waals surface area (Å²) in [4.78, 5) is 14.5. The van der Waals surface area contributed by atoms with Crippen molar-refractivity contribution in [1.82, 2.24) is 4.90 Å². The number of hydrogen-bond donors (Lipinski definition) is 1. The third-order valence-electron chi connectivity index (χ3n) is 3.81. The maximum absolute atomic E-state index is 13.5. The molecule has 0 unspecified atom stereocenters. The van der Waals surface area contributed by atoms with E-state index in [1.54, 1.807) is 30.3 Å². The van der Waals surface area contributed by atoms with Crippen molar-refractivity contribution in [2.45, 2.75) is 16.0 Å². The Morgan fingerprint density at radius 3 is 2.42 bits per heavy atom. The summed E-state index contributed by atoms with van der Waals surface area (Å²) in [7, 11) is 0. The molecule has 2 aromatic rings. The number of ether oxygens (including phenoxy) is 1. The van der Waals surface area contributed by atoms with E-state index >= 15 is 0 Å². The van der Waals surface area contributed by atoms with Crippen LogP contribution in [0.15, 0.2) is 58.3 Å². The predicted molar refractivity (Wildman–Crippen MR) is 93.4 cm³/mol. The fourth-order valence-electron chi connectivity index (χ4n) is 2.50. The molecule has 1 saturated heterocycles. The van der Waals surface area contributed by atoms with Gasteiger partial charge in [-0.15, -0.1) is 0 Å². The van der Waals surface area contributed by atoms with E-state index in [0.717, 1.165) is 17.8 Å². The Bertz CT molecular complexity index is 763. The van der Waals surface area contributed by atoms with Crippen molar-refractivity contribution in [2.24, 2.45) is 0 Å². The number of amides is 2. The number of carbonyl (C=O) groups excluding carboxylic acids is 1. The first-order valence-electron chi connectivity index (χ1n) is 8.01. The number of nitrogens with zero attached hydrogens (tertiary/aromatic N) is 1. The minimum absolute atomic E-state index is 0.0908. The van der Waals surface area contributed by atoms with Crippen LogP contribution in [0.3, 0.4) is 0 Å².